The Labute approximate surface area is 160 Å². The van der Waals surface area contributed by atoms with Crippen molar-refractivity contribution >= 4 is 23.1 Å². The van der Waals surface area contributed by atoms with E-state index in [1.165, 1.54) is 11.2 Å². The molecule has 2 aromatic heterocycles. The second-order valence-electron chi connectivity index (χ2n) is 6.76. The van der Waals surface area contributed by atoms with Crippen LogP contribution in [0.2, 0.25) is 0 Å². The van der Waals surface area contributed by atoms with Gasteiger partial charge < -0.3 is 10.1 Å². The van der Waals surface area contributed by atoms with E-state index in [9.17, 15) is 4.79 Å². The maximum Gasteiger partial charge on any atom is 0.226 e. The van der Waals surface area contributed by atoms with Crippen LogP contribution < -0.4 is 10.1 Å². The van der Waals surface area contributed by atoms with E-state index in [2.05, 4.69) is 26.8 Å². The molecule has 1 aliphatic carbocycles. The third kappa shape index (κ3) is 2.66. The Morgan fingerprint density at radius 2 is 2.07 bits per heavy atom. The summed E-state index contributed by atoms with van der Waals surface area (Å²) in [5.74, 6) is 1.85. The van der Waals surface area contributed by atoms with E-state index in [1.54, 1.807) is 23.1 Å². The second-order valence-corrected chi connectivity index (χ2v) is 7.74. The summed E-state index contributed by atoms with van der Waals surface area (Å²) in [5, 5.41) is 9.79. The number of allylic oxidation sites excluding steroid dienone is 2. The predicted molar refractivity (Wildman–Crippen MR) is 103 cm³/mol. The maximum atomic E-state index is 13.2. The van der Waals surface area contributed by atoms with Crippen molar-refractivity contribution in [1.29, 1.82) is 0 Å². The van der Waals surface area contributed by atoms with E-state index in [1.807, 2.05) is 30.3 Å². The van der Waals surface area contributed by atoms with E-state index in [0.29, 0.717) is 12.4 Å². The van der Waals surface area contributed by atoms with Crippen LogP contribution in [0, 0.1) is 0 Å². The number of benzene rings is 1. The molecule has 27 heavy (non-hydrogen) atoms. The molecular formula is C20H18N4O2S. The Balaban J connectivity index is 1.60. The number of carbonyl (C=O) groups excluding carboxylic acids is 1. The molecule has 0 unspecified atom stereocenters. The van der Waals surface area contributed by atoms with Crippen LogP contribution in [-0.2, 0) is 4.79 Å². The monoisotopic (exact) mass is 378 g/mol. The highest BCUT2D eigenvalue weighted by atomic mass is 32.1. The molecule has 6 nitrogen and oxygen atoms in total. The number of carbonyl (C=O) groups is 1. The molecular weight excluding hydrogens is 360 g/mol. The van der Waals surface area contributed by atoms with E-state index in [4.69, 9.17) is 4.74 Å². The van der Waals surface area contributed by atoms with Crippen molar-refractivity contribution in [2.45, 2.75) is 24.8 Å². The number of methoxy groups -OCH3 is 1. The lowest BCUT2D eigenvalue weighted by Gasteiger charge is -2.34. The Morgan fingerprint density at radius 3 is 2.81 bits per heavy atom. The van der Waals surface area contributed by atoms with Crippen molar-refractivity contribution in [3.63, 3.8) is 0 Å². The van der Waals surface area contributed by atoms with Gasteiger partial charge in [0.15, 0.2) is 5.78 Å². The molecule has 136 valence electrons. The summed E-state index contributed by atoms with van der Waals surface area (Å²) in [6.45, 7) is 0. The Kier molecular flexibility index (Phi) is 3.82. The van der Waals surface area contributed by atoms with Crippen molar-refractivity contribution < 1.29 is 9.53 Å². The van der Waals surface area contributed by atoms with Crippen LogP contribution in [-0.4, -0.2) is 27.7 Å². The number of ether oxygens (including phenoxy) is 1. The van der Waals surface area contributed by atoms with Gasteiger partial charge >= 0.3 is 0 Å². The molecule has 0 saturated carbocycles. The minimum atomic E-state index is -0.263. The van der Waals surface area contributed by atoms with Gasteiger partial charge in [-0.05, 0) is 35.6 Å². The SMILES string of the molecule is COc1ccc([C@H]2C3=C(C[C@@H](c4cccs4)CC3=O)Nc3ncnn32)cc1. The Bertz CT molecular complexity index is 1020. The number of nitrogens with one attached hydrogen (secondary N) is 1. The summed E-state index contributed by atoms with van der Waals surface area (Å²) in [6, 6.07) is 11.7. The average molecular weight is 378 g/mol. The van der Waals surface area contributed by atoms with Crippen molar-refractivity contribution in [2.24, 2.45) is 0 Å². The lowest BCUT2D eigenvalue weighted by molar-refractivity contribution is -0.116. The normalized spacial score (nSPS) is 21.4. The van der Waals surface area contributed by atoms with Crippen LogP contribution in [0.15, 0.2) is 59.4 Å². The first-order valence-electron chi connectivity index (χ1n) is 8.84. The number of rotatable bonds is 3. The van der Waals surface area contributed by atoms with Crippen molar-refractivity contribution in [3.05, 3.63) is 69.8 Å². The molecule has 0 fully saturated rings. The number of thiophene rings is 1. The number of hydrogen-bond donors (Lipinski definition) is 1. The van der Waals surface area contributed by atoms with Crippen LogP contribution in [0.3, 0.4) is 0 Å². The van der Waals surface area contributed by atoms with Crippen molar-refractivity contribution in [1.82, 2.24) is 14.8 Å². The highest BCUT2D eigenvalue weighted by Crippen LogP contribution is 2.44. The van der Waals surface area contributed by atoms with Gasteiger partial charge in [-0.25, -0.2) is 4.68 Å². The zero-order valence-electron chi connectivity index (χ0n) is 14.8. The molecule has 7 heteroatoms. The number of ketones is 1. The van der Waals surface area contributed by atoms with Gasteiger partial charge in [-0.2, -0.15) is 10.1 Å². The fraction of sp³-hybridized carbons (Fsp3) is 0.250. The average Bonchev–Trinajstić information content (AvgIpc) is 3.38. The van der Waals surface area contributed by atoms with Gasteiger partial charge in [0.25, 0.3) is 0 Å². The lowest BCUT2D eigenvalue weighted by Crippen LogP contribution is -2.33. The molecule has 3 heterocycles. The van der Waals surface area contributed by atoms with Gasteiger partial charge in [0.2, 0.25) is 5.95 Å². The zero-order valence-corrected chi connectivity index (χ0v) is 15.6. The van der Waals surface area contributed by atoms with E-state index in [-0.39, 0.29) is 17.7 Å². The van der Waals surface area contributed by atoms with Gasteiger partial charge in [0.1, 0.15) is 18.1 Å². The Morgan fingerprint density at radius 1 is 1.22 bits per heavy atom. The van der Waals surface area contributed by atoms with E-state index >= 15 is 0 Å². The highest BCUT2D eigenvalue weighted by molar-refractivity contribution is 7.10. The summed E-state index contributed by atoms with van der Waals surface area (Å²) in [6.07, 6.45) is 2.86. The number of aromatic nitrogens is 3. The van der Waals surface area contributed by atoms with Gasteiger partial charge in [-0.15, -0.1) is 11.3 Å². The molecule has 0 amide bonds. The summed E-state index contributed by atoms with van der Waals surface area (Å²) in [7, 11) is 1.64. The molecule has 1 aliphatic heterocycles. The van der Waals surface area contributed by atoms with E-state index < -0.39 is 0 Å². The Hall–Kier alpha value is -2.93. The standard InChI is InChI=1S/C20H18N4O2S/c1-26-14-6-4-12(5-7-14)19-18-15(23-20-21-11-22-24(19)20)9-13(10-16(18)25)17-3-2-8-27-17/h2-8,11,13,19H,9-10H2,1H3,(H,21,22,23)/t13-,19+/m1/s1. The molecule has 1 N–H and O–H groups in total. The maximum absolute atomic E-state index is 13.2. The zero-order chi connectivity index (χ0) is 18.4. The first-order valence-corrected chi connectivity index (χ1v) is 9.72. The minimum absolute atomic E-state index is 0.170. The van der Waals surface area contributed by atoms with Gasteiger partial charge in [0, 0.05) is 28.5 Å². The number of fused-ring (bicyclic) bond motifs is 1. The van der Waals surface area contributed by atoms with Gasteiger partial charge in [-0.3, -0.25) is 4.79 Å². The van der Waals surface area contributed by atoms with Crippen LogP contribution in [0.1, 0.15) is 35.2 Å². The molecule has 0 bridgehead atoms. The molecule has 2 atom stereocenters. The third-order valence-corrected chi connectivity index (χ3v) is 6.27. The first-order chi connectivity index (χ1) is 13.2. The lowest BCUT2D eigenvalue weighted by atomic mass is 9.80. The summed E-state index contributed by atoms with van der Waals surface area (Å²) in [5.41, 5.74) is 2.76. The highest BCUT2D eigenvalue weighted by Gasteiger charge is 2.39. The third-order valence-electron chi connectivity index (χ3n) is 5.24. The van der Waals surface area contributed by atoms with Crippen LogP contribution in [0.5, 0.6) is 5.75 Å². The van der Waals surface area contributed by atoms with Crippen LogP contribution in [0.4, 0.5) is 5.95 Å². The summed E-state index contributed by atoms with van der Waals surface area (Å²) in [4.78, 5) is 18.8. The molecule has 0 saturated heterocycles. The van der Waals surface area contributed by atoms with E-state index in [0.717, 1.165) is 29.0 Å². The van der Waals surface area contributed by atoms with Crippen molar-refractivity contribution in [2.75, 3.05) is 12.4 Å². The molecule has 2 aliphatic rings. The van der Waals surface area contributed by atoms with Crippen LogP contribution >= 0.6 is 11.3 Å². The van der Waals surface area contributed by atoms with Crippen molar-refractivity contribution in [3.8, 4) is 5.75 Å². The van der Waals surface area contributed by atoms with Crippen LogP contribution in [0.25, 0.3) is 0 Å². The summed E-state index contributed by atoms with van der Waals surface area (Å²) < 4.78 is 7.06. The van der Waals surface area contributed by atoms with Gasteiger partial charge in [-0.1, -0.05) is 18.2 Å². The first kappa shape index (κ1) is 16.3. The summed E-state index contributed by atoms with van der Waals surface area (Å²) >= 11 is 1.71. The number of hydrogen-bond acceptors (Lipinski definition) is 6. The predicted octanol–water partition coefficient (Wildman–Crippen LogP) is 3.76. The number of Topliss-reactive ketones (excluding diaryl/α,β-unsaturated/α-hetero) is 1. The fourth-order valence-electron chi connectivity index (χ4n) is 3.97. The molecule has 0 radical (unpaired) electrons. The number of nitrogens with zero attached hydrogens (tertiary/aromatic N) is 3. The second kappa shape index (κ2) is 6.35. The molecule has 5 rings (SSSR count). The molecule has 1 aromatic carbocycles. The smallest absolute Gasteiger partial charge is 0.226 e. The quantitative estimate of drug-likeness (QED) is 0.751. The topological polar surface area (TPSA) is 69.0 Å². The molecule has 3 aromatic rings. The largest absolute Gasteiger partial charge is 0.497 e. The number of anilines is 1. The minimum Gasteiger partial charge on any atom is -0.497 e. The van der Waals surface area contributed by atoms with Gasteiger partial charge in [0.05, 0.1) is 7.11 Å². The molecule has 0 spiro atoms. The fourth-order valence-corrected chi connectivity index (χ4v) is 4.80.